The van der Waals surface area contributed by atoms with Gasteiger partial charge in [0.2, 0.25) is 0 Å². The summed E-state index contributed by atoms with van der Waals surface area (Å²) in [5.41, 5.74) is 4.47. The van der Waals surface area contributed by atoms with Gasteiger partial charge in [-0.2, -0.15) is 4.98 Å². The molecule has 0 saturated heterocycles. The van der Waals surface area contributed by atoms with E-state index in [2.05, 4.69) is 23.7 Å². The number of imidazole rings is 1. The minimum atomic E-state index is -0.127. The first-order valence-corrected chi connectivity index (χ1v) is 10.4. The highest BCUT2D eigenvalue weighted by Gasteiger charge is 2.36. The van der Waals surface area contributed by atoms with Gasteiger partial charge in [-0.1, -0.05) is 49.9 Å². The van der Waals surface area contributed by atoms with Crippen molar-refractivity contribution in [3.8, 4) is 6.01 Å². The van der Waals surface area contributed by atoms with Gasteiger partial charge >= 0.3 is 6.03 Å². The lowest BCUT2D eigenvalue weighted by molar-refractivity contribution is 0.224. The summed E-state index contributed by atoms with van der Waals surface area (Å²) < 4.78 is 8.13. The molecule has 2 amide bonds. The van der Waals surface area contributed by atoms with Crippen molar-refractivity contribution < 1.29 is 9.53 Å². The number of benzene rings is 1. The molecule has 0 saturated carbocycles. The number of carbonyl (C=O) groups excluding carboxylic acids is 1. The van der Waals surface area contributed by atoms with Crippen LogP contribution in [-0.4, -0.2) is 39.1 Å². The Morgan fingerprint density at radius 3 is 2.55 bits per heavy atom. The molecule has 2 aromatic heterocycles. The van der Waals surface area contributed by atoms with Crippen LogP contribution in [0.2, 0.25) is 0 Å². The van der Waals surface area contributed by atoms with E-state index in [4.69, 9.17) is 9.72 Å². The summed E-state index contributed by atoms with van der Waals surface area (Å²) in [7, 11) is 1.74. The Labute approximate surface area is 182 Å². The van der Waals surface area contributed by atoms with Crippen LogP contribution < -0.4 is 9.64 Å². The number of aromatic nitrogens is 3. The molecule has 1 aliphatic heterocycles. The number of ether oxygens (including phenoxy) is 1. The third-order valence-corrected chi connectivity index (χ3v) is 5.32. The molecule has 0 unspecified atom stereocenters. The molecule has 0 N–H and O–H groups in total. The average molecular weight is 418 g/mol. The van der Waals surface area contributed by atoms with Crippen LogP contribution in [0.15, 0.2) is 55.2 Å². The zero-order valence-corrected chi connectivity index (χ0v) is 18.2. The predicted octanol–water partition coefficient (Wildman–Crippen LogP) is 4.47. The highest BCUT2D eigenvalue weighted by atomic mass is 16.5. The fourth-order valence-electron chi connectivity index (χ4n) is 3.66. The second-order valence-corrected chi connectivity index (χ2v) is 7.67. The Kier molecular flexibility index (Phi) is 5.75. The number of anilines is 1. The molecule has 3 aromatic rings. The van der Waals surface area contributed by atoms with Gasteiger partial charge < -0.3 is 4.74 Å². The van der Waals surface area contributed by atoms with Crippen molar-refractivity contribution >= 4 is 17.5 Å². The summed E-state index contributed by atoms with van der Waals surface area (Å²) in [6, 6.07) is 14.4. The van der Waals surface area contributed by atoms with Crippen LogP contribution in [0.3, 0.4) is 0 Å². The normalized spacial score (nSPS) is 13.5. The molecular formula is C24H27N5O2. The third kappa shape index (κ3) is 4.03. The molecule has 0 radical (unpaired) electrons. The smallest absolute Gasteiger partial charge is 0.329 e. The first-order valence-electron chi connectivity index (χ1n) is 10.4. The summed E-state index contributed by atoms with van der Waals surface area (Å²) in [4.78, 5) is 25.2. The maximum absolute atomic E-state index is 12.9. The maximum Gasteiger partial charge on any atom is 0.329 e. The standard InChI is InChI=1S/C24H27N5O2/c1-5-13-28-18(3)21-22(27(4)24(28)30)26-23(29(21)15-19-9-7-6-8-10-19)31-16-20-12-11-17(2)25-14-20/h6-12,14H,3,5,13,15-16H2,1-2,4H3. The first-order chi connectivity index (χ1) is 15.0. The zero-order valence-electron chi connectivity index (χ0n) is 18.2. The van der Waals surface area contributed by atoms with E-state index in [0.717, 1.165) is 28.9 Å². The SMILES string of the molecule is C=C1c2c(nc(OCc3ccc(C)nc3)n2Cc2ccccc2)N(C)C(=O)N1CCC. The molecule has 0 atom stereocenters. The van der Waals surface area contributed by atoms with Gasteiger partial charge in [0.15, 0.2) is 5.82 Å². The molecule has 4 rings (SSSR count). The molecule has 7 nitrogen and oxygen atoms in total. The molecule has 3 heterocycles. The van der Waals surface area contributed by atoms with E-state index in [-0.39, 0.29) is 6.03 Å². The van der Waals surface area contributed by atoms with Gasteiger partial charge in [0, 0.05) is 31.0 Å². The fourth-order valence-corrected chi connectivity index (χ4v) is 3.66. The number of aryl methyl sites for hydroxylation is 1. The number of urea groups is 1. The van der Waals surface area contributed by atoms with Gasteiger partial charge in [0.05, 0.1) is 12.2 Å². The van der Waals surface area contributed by atoms with E-state index >= 15 is 0 Å². The Balaban J connectivity index is 1.74. The second-order valence-electron chi connectivity index (χ2n) is 7.67. The summed E-state index contributed by atoms with van der Waals surface area (Å²) in [5.74, 6) is 0.565. The van der Waals surface area contributed by atoms with Gasteiger partial charge in [0.25, 0.3) is 6.01 Å². The van der Waals surface area contributed by atoms with Crippen LogP contribution in [-0.2, 0) is 13.2 Å². The van der Waals surface area contributed by atoms with Crippen LogP contribution in [0, 0.1) is 6.92 Å². The Morgan fingerprint density at radius 2 is 1.87 bits per heavy atom. The molecule has 0 spiro atoms. The molecule has 1 aromatic carbocycles. The fraction of sp³-hybridized carbons (Fsp3) is 0.292. The van der Waals surface area contributed by atoms with Crippen molar-refractivity contribution in [2.24, 2.45) is 0 Å². The van der Waals surface area contributed by atoms with Gasteiger partial charge in [-0.25, -0.2) is 4.79 Å². The topological polar surface area (TPSA) is 63.5 Å². The third-order valence-electron chi connectivity index (χ3n) is 5.32. The highest BCUT2D eigenvalue weighted by molar-refractivity contribution is 6.02. The quantitative estimate of drug-likeness (QED) is 0.569. The number of amides is 2. The van der Waals surface area contributed by atoms with E-state index in [1.165, 1.54) is 0 Å². The average Bonchev–Trinajstić information content (AvgIpc) is 3.14. The van der Waals surface area contributed by atoms with E-state index in [0.29, 0.717) is 37.2 Å². The number of nitrogens with zero attached hydrogens (tertiary/aromatic N) is 5. The van der Waals surface area contributed by atoms with Crippen molar-refractivity contribution in [1.82, 2.24) is 19.4 Å². The number of fused-ring (bicyclic) bond motifs is 1. The number of carbonyl (C=O) groups is 1. The lowest BCUT2D eigenvalue weighted by atomic mass is 10.2. The summed E-state index contributed by atoms with van der Waals surface area (Å²) in [6.45, 7) is 9.73. The number of hydrogen-bond donors (Lipinski definition) is 0. The monoisotopic (exact) mass is 417 g/mol. The number of hydrogen-bond acceptors (Lipinski definition) is 4. The number of pyridine rings is 1. The van der Waals surface area contributed by atoms with Crippen LogP contribution in [0.25, 0.3) is 5.70 Å². The number of rotatable bonds is 7. The first kappa shape index (κ1) is 20.7. The lowest BCUT2D eigenvalue weighted by Crippen LogP contribution is -2.44. The molecule has 160 valence electrons. The van der Waals surface area contributed by atoms with Crippen LogP contribution in [0.5, 0.6) is 6.01 Å². The van der Waals surface area contributed by atoms with Crippen LogP contribution in [0.4, 0.5) is 10.6 Å². The largest absolute Gasteiger partial charge is 0.460 e. The molecule has 0 fully saturated rings. The molecule has 7 heteroatoms. The van der Waals surface area contributed by atoms with Crippen molar-refractivity contribution in [3.05, 3.63) is 77.8 Å². The van der Waals surface area contributed by atoms with E-state index in [9.17, 15) is 4.79 Å². The van der Waals surface area contributed by atoms with Crippen molar-refractivity contribution in [1.29, 1.82) is 0 Å². The van der Waals surface area contributed by atoms with Gasteiger partial charge in [-0.05, 0) is 25.0 Å². The Hall–Kier alpha value is -3.61. The van der Waals surface area contributed by atoms with Gasteiger partial charge in [-0.15, -0.1) is 0 Å². The molecular weight excluding hydrogens is 390 g/mol. The Bertz CT molecular complexity index is 1090. The van der Waals surface area contributed by atoms with Crippen LogP contribution in [0.1, 0.15) is 35.9 Å². The zero-order chi connectivity index (χ0) is 22.0. The van der Waals surface area contributed by atoms with E-state index in [1.54, 1.807) is 23.0 Å². The van der Waals surface area contributed by atoms with Gasteiger partial charge in [-0.3, -0.25) is 19.4 Å². The summed E-state index contributed by atoms with van der Waals surface area (Å²) >= 11 is 0. The van der Waals surface area contributed by atoms with Crippen molar-refractivity contribution in [3.63, 3.8) is 0 Å². The Morgan fingerprint density at radius 1 is 1.10 bits per heavy atom. The molecule has 31 heavy (non-hydrogen) atoms. The molecule has 0 aliphatic carbocycles. The van der Waals surface area contributed by atoms with E-state index < -0.39 is 0 Å². The molecule has 1 aliphatic rings. The minimum Gasteiger partial charge on any atom is -0.460 e. The van der Waals surface area contributed by atoms with Crippen molar-refractivity contribution in [2.75, 3.05) is 18.5 Å². The molecule has 0 bridgehead atoms. The van der Waals surface area contributed by atoms with Gasteiger partial charge in [0.1, 0.15) is 12.3 Å². The highest BCUT2D eigenvalue weighted by Crippen LogP contribution is 2.37. The predicted molar refractivity (Wildman–Crippen MR) is 121 cm³/mol. The van der Waals surface area contributed by atoms with Crippen LogP contribution >= 0.6 is 0 Å². The summed E-state index contributed by atoms with van der Waals surface area (Å²) in [6.07, 6.45) is 2.64. The second kappa shape index (κ2) is 8.63. The lowest BCUT2D eigenvalue weighted by Gasteiger charge is -2.34. The maximum atomic E-state index is 12.9. The summed E-state index contributed by atoms with van der Waals surface area (Å²) in [5, 5.41) is 0. The minimum absolute atomic E-state index is 0.127. The van der Waals surface area contributed by atoms with Crippen molar-refractivity contribution in [2.45, 2.75) is 33.4 Å². The van der Waals surface area contributed by atoms with E-state index in [1.807, 2.05) is 48.7 Å².